The number of nitrogen functional groups attached to an aromatic ring is 1. The van der Waals surface area contributed by atoms with Crippen molar-refractivity contribution in [1.82, 2.24) is 10.3 Å². The van der Waals surface area contributed by atoms with Crippen LogP contribution in [0.5, 0.6) is 0 Å². The van der Waals surface area contributed by atoms with E-state index >= 15 is 0 Å². The normalized spacial score (nSPS) is 23.6. The molecule has 1 aliphatic carbocycles. The Labute approximate surface area is 108 Å². The van der Waals surface area contributed by atoms with E-state index in [9.17, 15) is 4.79 Å². The molecular weight excluding hydrogens is 226 g/mol. The zero-order valence-corrected chi connectivity index (χ0v) is 10.9. The van der Waals surface area contributed by atoms with Crippen LogP contribution >= 0.6 is 0 Å². The number of nitrogens with zero attached hydrogens (tertiary/aromatic N) is 1. The lowest BCUT2D eigenvalue weighted by molar-refractivity contribution is 0.0916. The summed E-state index contributed by atoms with van der Waals surface area (Å²) in [4.78, 5) is 16.0. The van der Waals surface area contributed by atoms with Gasteiger partial charge >= 0.3 is 0 Å². The van der Waals surface area contributed by atoms with Crippen molar-refractivity contribution in [3.63, 3.8) is 0 Å². The van der Waals surface area contributed by atoms with Crippen LogP contribution in [0.2, 0.25) is 0 Å². The van der Waals surface area contributed by atoms with E-state index in [0.717, 1.165) is 18.8 Å². The van der Waals surface area contributed by atoms with Gasteiger partial charge in [-0.15, -0.1) is 0 Å². The highest BCUT2D eigenvalue weighted by atomic mass is 16.1. The number of amides is 1. The van der Waals surface area contributed by atoms with Crippen LogP contribution < -0.4 is 11.1 Å². The van der Waals surface area contributed by atoms with Gasteiger partial charge in [0, 0.05) is 6.04 Å². The molecule has 1 saturated carbocycles. The molecule has 1 aromatic heterocycles. The Balaban J connectivity index is 1.89. The van der Waals surface area contributed by atoms with E-state index in [1.807, 2.05) is 0 Å². The number of aromatic nitrogens is 1. The zero-order chi connectivity index (χ0) is 13.0. The molecule has 1 amide bonds. The van der Waals surface area contributed by atoms with Gasteiger partial charge < -0.3 is 11.1 Å². The summed E-state index contributed by atoms with van der Waals surface area (Å²) in [6.45, 7) is 2.24. The minimum absolute atomic E-state index is 0.109. The standard InChI is InChI=1S/C14H21N3O/c1-2-10-6-8-11(9-7-10)16-14(18)12-4-3-5-13(15)17-12/h3-5,10-11H,2,6-9H2,1H3,(H2,15,17)(H,16,18). The van der Waals surface area contributed by atoms with E-state index in [4.69, 9.17) is 5.73 Å². The van der Waals surface area contributed by atoms with Gasteiger partial charge in [0.2, 0.25) is 0 Å². The second-order valence-electron chi connectivity index (χ2n) is 5.05. The van der Waals surface area contributed by atoms with Gasteiger partial charge in [0.05, 0.1) is 0 Å². The third kappa shape index (κ3) is 3.22. The molecular formula is C14H21N3O. The van der Waals surface area contributed by atoms with Crippen LogP contribution in [0.3, 0.4) is 0 Å². The van der Waals surface area contributed by atoms with Crippen molar-refractivity contribution in [2.24, 2.45) is 5.92 Å². The summed E-state index contributed by atoms with van der Waals surface area (Å²) in [5.41, 5.74) is 5.98. The van der Waals surface area contributed by atoms with E-state index in [2.05, 4.69) is 17.2 Å². The average molecular weight is 247 g/mol. The summed E-state index contributed by atoms with van der Waals surface area (Å²) in [5, 5.41) is 3.05. The number of carbonyl (C=O) groups is 1. The number of hydrogen-bond acceptors (Lipinski definition) is 3. The molecule has 18 heavy (non-hydrogen) atoms. The Morgan fingerprint density at radius 3 is 2.72 bits per heavy atom. The van der Waals surface area contributed by atoms with Crippen molar-refractivity contribution < 1.29 is 4.79 Å². The van der Waals surface area contributed by atoms with Crippen LogP contribution in [0.4, 0.5) is 5.82 Å². The first-order valence-electron chi connectivity index (χ1n) is 6.72. The third-order valence-electron chi connectivity index (χ3n) is 3.76. The molecule has 0 radical (unpaired) electrons. The molecule has 4 nitrogen and oxygen atoms in total. The van der Waals surface area contributed by atoms with Crippen LogP contribution in [0.25, 0.3) is 0 Å². The number of nitrogens with two attached hydrogens (primary N) is 1. The van der Waals surface area contributed by atoms with E-state index in [0.29, 0.717) is 17.6 Å². The maximum absolute atomic E-state index is 12.0. The lowest BCUT2D eigenvalue weighted by Crippen LogP contribution is -2.38. The number of anilines is 1. The number of nitrogens with one attached hydrogen (secondary N) is 1. The average Bonchev–Trinajstić information content (AvgIpc) is 2.39. The quantitative estimate of drug-likeness (QED) is 0.861. The summed E-state index contributed by atoms with van der Waals surface area (Å²) in [5.74, 6) is 1.11. The smallest absolute Gasteiger partial charge is 0.270 e. The van der Waals surface area contributed by atoms with Crippen molar-refractivity contribution in [3.05, 3.63) is 23.9 Å². The molecule has 0 unspecified atom stereocenters. The fourth-order valence-electron chi connectivity index (χ4n) is 2.55. The first kappa shape index (κ1) is 12.9. The Bertz CT molecular complexity index is 411. The van der Waals surface area contributed by atoms with Crippen molar-refractivity contribution in [3.8, 4) is 0 Å². The third-order valence-corrected chi connectivity index (χ3v) is 3.76. The lowest BCUT2D eigenvalue weighted by atomic mass is 9.84. The van der Waals surface area contributed by atoms with Gasteiger partial charge in [0.1, 0.15) is 11.5 Å². The number of rotatable bonds is 3. The second-order valence-corrected chi connectivity index (χ2v) is 5.05. The van der Waals surface area contributed by atoms with Crippen LogP contribution in [0.1, 0.15) is 49.5 Å². The van der Waals surface area contributed by atoms with Crippen LogP contribution in [0, 0.1) is 5.92 Å². The lowest BCUT2D eigenvalue weighted by Gasteiger charge is -2.28. The van der Waals surface area contributed by atoms with Gasteiger partial charge in [0.25, 0.3) is 5.91 Å². The predicted octanol–water partition coefficient (Wildman–Crippen LogP) is 2.36. The molecule has 0 saturated heterocycles. The van der Waals surface area contributed by atoms with E-state index in [-0.39, 0.29) is 5.91 Å². The minimum atomic E-state index is -0.109. The van der Waals surface area contributed by atoms with Crippen molar-refractivity contribution >= 4 is 11.7 Å². The van der Waals surface area contributed by atoms with Gasteiger partial charge in [-0.25, -0.2) is 4.98 Å². The number of pyridine rings is 1. The SMILES string of the molecule is CCC1CCC(NC(=O)c2cccc(N)n2)CC1. The van der Waals surface area contributed by atoms with E-state index in [1.165, 1.54) is 19.3 Å². The minimum Gasteiger partial charge on any atom is -0.384 e. The van der Waals surface area contributed by atoms with Crippen LogP contribution in [0.15, 0.2) is 18.2 Å². The highest BCUT2D eigenvalue weighted by Crippen LogP contribution is 2.26. The molecule has 4 heteroatoms. The van der Waals surface area contributed by atoms with Gasteiger partial charge in [-0.05, 0) is 43.7 Å². The fraction of sp³-hybridized carbons (Fsp3) is 0.571. The van der Waals surface area contributed by atoms with E-state index < -0.39 is 0 Å². The Kier molecular flexibility index (Phi) is 4.18. The Hall–Kier alpha value is -1.58. The Morgan fingerprint density at radius 1 is 1.39 bits per heavy atom. The topological polar surface area (TPSA) is 68.0 Å². The largest absolute Gasteiger partial charge is 0.384 e. The summed E-state index contributed by atoms with van der Waals surface area (Å²) in [7, 11) is 0. The van der Waals surface area contributed by atoms with Crippen molar-refractivity contribution in [2.45, 2.75) is 45.1 Å². The zero-order valence-electron chi connectivity index (χ0n) is 10.9. The summed E-state index contributed by atoms with van der Waals surface area (Å²) in [6, 6.07) is 5.43. The van der Waals surface area contributed by atoms with Gasteiger partial charge in [-0.2, -0.15) is 0 Å². The second kappa shape index (κ2) is 5.85. The van der Waals surface area contributed by atoms with Crippen molar-refractivity contribution in [1.29, 1.82) is 0 Å². The molecule has 1 aromatic rings. The maximum atomic E-state index is 12.0. The molecule has 0 bridgehead atoms. The molecule has 0 spiro atoms. The Morgan fingerprint density at radius 2 is 2.11 bits per heavy atom. The van der Waals surface area contributed by atoms with Crippen molar-refractivity contribution in [2.75, 3.05) is 5.73 Å². The molecule has 0 aliphatic heterocycles. The molecule has 2 rings (SSSR count). The highest BCUT2D eigenvalue weighted by molar-refractivity contribution is 5.92. The summed E-state index contributed by atoms with van der Waals surface area (Å²) >= 11 is 0. The van der Waals surface area contributed by atoms with E-state index in [1.54, 1.807) is 18.2 Å². The predicted molar refractivity (Wildman–Crippen MR) is 72.2 cm³/mol. The van der Waals surface area contributed by atoms with Crippen LogP contribution in [-0.2, 0) is 0 Å². The first-order valence-corrected chi connectivity index (χ1v) is 6.72. The summed E-state index contributed by atoms with van der Waals surface area (Å²) in [6.07, 6.45) is 5.83. The molecule has 1 heterocycles. The fourth-order valence-corrected chi connectivity index (χ4v) is 2.55. The monoisotopic (exact) mass is 247 g/mol. The first-order chi connectivity index (χ1) is 8.69. The highest BCUT2D eigenvalue weighted by Gasteiger charge is 2.21. The van der Waals surface area contributed by atoms with Gasteiger partial charge in [0.15, 0.2) is 0 Å². The van der Waals surface area contributed by atoms with Gasteiger partial charge in [-0.1, -0.05) is 19.4 Å². The molecule has 3 N–H and O–H groups in total. The van der Waals surface area contributed by atoms with Gasteiger partial charge in [-0.3, -0.25) is 4.79 Å². The summed E-state index contributed by atoms with van der Waals surface area (Å²) < 4.78 is 0. The molecule has 1 aliphatic rings. The molecule has 98 valence electrons. The number of hydrogen-bond donors (Lipinski definition) is 2. The molecule has 1 fully saturated rings. The maximum Gasteiger partial charge on any atom is 0.270 e. The van der Waals surface area contributed by atoms with Crippen LogP contribution in [-0.4, -0.2) is 16.9 Å². The number of carbonyl (C=O) groups excluding carboxylic acids is 1. The molecule has 0 atom stereocenters. The molecule has 0 aromatic carbocycles.